The Bertz CT molecular complexity index is 298. The van der Waals surface area contributed by atoms with Gasteiger partial charge in [-0.25, -0.2) is 0 Å². The van der Waals surface area contributed by atoms with Gasteiger partial charge in [-0.1, -0.05) is 5.92 Å². The van der Waals surface area contributed by atoms with Gasteiger partial charge in [0.1, 0.15) is 5.54 Å². The minimum Gasteiger partial charge on any atom is -0.465 e. The fourth-order valence-electron chi connectivity index (χ4n) is 2.21. The van der Waals surface area contributed by atoms with Crippen molar-refractivity contribution >= 4 is 5.97 Å². The lowest BCUT2D eigenvalue weighted by Crippen LogP contribution is -2.53. The van der Waals surface area contributed by atoms with Crippen molar-refractivity contribution in [2.75, 3.05) is 33.3 Å². The zero-order valence-electron chi connectivity index (χ0n) is 10.8. The first-order chi connectivity index (χ1) is 8.14. The van der Waals surface area contributed by atoms with Crippen LogP contribution in [0.1, 0.15) is 26.2 Å². The molecule has 1 atom stereocenters. The van der Waals surface area contributed by atoms with Gasteiger partial charge >= 0.3 is 5.97 Å². The van der Waals surface area contributed by atoms with Crippen LogP contribution in [0.25, 0.3) is 0 Å². The van der Waals surface area contributed by atoms with Gasteiger partial charge in [0, 0.05) is 6.54 Å². The standard InChI is InChI=1S/C13H22N2O2/c1-4-9-14-13(12(16)17-5-2)7-6-10-15(3)11-8-13/h1,14H,5-11H2,2-3H3. The molecule has 1 aliphatic rings. The number of carbonyl (C=O) groups excluding carboxylic acids is 1. The largest absolute Gasteiger partial charge is 0.465 e. The first kappa shape index (κ1) is 14.0. The highest BCUT2D eigenvalue weighted by molar-refractivity contribution is 5.81. The molecule has 17 heavy (non-hydrogen) atoms. The zero-order valence-corrected chi connectivity index (χ0v) is 10.8. The summed E-state index contributed by atoms with van der Waals surface area (Å²) in [7, 11) is 2.07. The lowest BCUT2D eigenvalue weighted by atomic mass is 9.90. The fraction of sp³-hybridized carbons (Fsp3) is 0.769. The van der Waals surface area contributed by atoms with Crippen LogP contribution in [0.5, 0.6) is 0 Å². The molecule has 0 spiro atoms. The van der Waals surface area contributed by atoms with Crippen molar-refractivity contribution in [3.05, 3.63) is 0 Å². The second-order valence-electron chi connectivity index (χ2n) is 4.52. The first-order valence-electron chi connectivity index (χ1n) is 6.19. The van der Waals surface area contributed by atoms with Crippen molar-refractivity contribution in [2.24, 2.45) is 0 Å². The third-order valence-electron chi connectivity index (χ3n) is 3.26. The molecule has 96 valence electrons. The Labute approximate surface area is 104 Å². The van der Waals surface area contributed by atoms with E-state index < -0.39 is 5.54 Å². The Morgan fingerprint density at radius 2 is 2.29 bits per heavy atom. The highest BCUT2D eigenvalue weighted by Crippen LogP contribution is 2.23. The summed E-state index contributed by atoms with van der Waals surface area (Å²) in [6.07, 6.45) is 7.79. The number of rotatable bonds is 4. The van der Waals surface area contributed by atoms with E-state index in [0.29, 0.717) is 13.2 Å². The number of ether oxygens (including phenoxy) is 1. The second-order valence-corrected chi connectivity index (χ2v) is 4.52. The molecule has 1 unspecified atom stereocenters. The van der Waals surface area contributed by atoms with Gasteiger partial charge in [0.25, 0.3) is 0 Å². The summed E-state index contributed by atoms with van der Waals surface area (Å²) in [5.41, 5.74) is -0.590. The van der Waals surface area contributed by atoms with Crippen LogP contribution in [0.3, 0.4) is 0 Å². The summed E-state index contributed by atoms with van der Waals surface area (Å²) >= 11 is 0. The second kappa shape index (κ2) is 6.63. The Hall–Kier alpha value is -1.05. The molecular formula is C13H22N2O2. The number of hydrogen-bond donors (Lipinski definition) is 1. The van der Waals surface area contributed by atoms with Crippen LogP contribution in [-0.4, -0.2) is 49.7 Å². The quantitative estimate of drug-likeness (QED) is 0.576. The van der Waals surface area contributed by atoms with E-state index in [0.717, 1.165) is 32.4 Å². The highest BCUT2D eigenvalue weighted by atomic mass is 16.5. The monoisotopic (exact) mass is 238 g/mol. The molecule has 0 bridgehead atoms. The summed E-state index contributed by atoms with van der Waals surface area (Å²) in [6, 6.07) is 0. The predicted molar refractivity (Wildman–Crippen MR) is 67.5 cm³/mol. The van der Waals surface area contributed by atoms with Crippen molar-refractivity contribution in [2.45, 2.75) is 31.7 Å². The van der Waals surface area contributed by atoms with Gasteiger partial charge in [-0.2, -0.15) is 0 Å². The minimum atomic E-state index is -0.590. The molecule has 1 fully saturated rings. The van der Waals surface area contributed by atoms with Crippen molar-refractivity contribution in [3.63, 3.8) is 0 Å². The Balaban J connectivity index is 2.77. The molecule has 4 heteroatoms. The fourth-order valence-corrected chi connectivity index (χ4v) is 2.21. The molecule has 0 amide bonds. The number of likely N-dealkylation sites (tertiary alicyclic amines) is 1. The van der Waals surface area contributed by atoms with Gasteiger partial charge in [-0.3, -0.25) is 10.1 Å². The van der Waals surface area contributed by atoms with E-state index in [9.17, 15) is 4.79 Å². The smallest absolute Gasteiger partial charge is 0.326 e. The van der Waals surface area contributed by atoms with Crippen LogP contribution >= 0.6 is 0 Å². The lowest BCUT2D eigenvalue weighted by molar-refractivity contribution is -0.151. The average molecular weight is 238 g/mol. The van der Waals surface area contributed by atoms with E-state index in [2.05, 4.69) is 23.2 Å². The lowest BCUT2D eigenvalue weighted by Gasteiger charge is -2.30. The Kier molecular flexibility index (Phi) is 5.46. The molecule has 0 saturated carbocycles. The summed E-state index contributed by atoms with van der Waals surface area (Å²) < 4.78 is 5.18. The molecule has 0 aromatic rings. The molecule has 0 aromatic carbocycles. The van der Waals surface area contributed by atoms with Crippen molar-refractivity contribution < 1.29 is 9.53 Å². The van der Waals surface area contributed by atoms with Crippen molar-refractivity contribution in [3.8, 4) is 12.3 Å². The molecular weight excluding hydrogens is 216 g/mol. The third-order valence-corrected chi connectivity index (χ3v) is 3.26. The zero-order chi connectivity index (χ0) is 12.7. The topological polar surface area (TPSA) is 41.6 Å². The molecule has 1 rings (SSSR count). The number of carbonyl (C=O) groups is 1. The molecule has 1 heterocycles. The maximum Gasteiger partial charge on any atom is 0.326 e. The summed E-state index contributed by atoms with van der Waals surface area (Å²) in [5.74, 6) is 2.37. The predicted octanol–water partition coefficient (Wildman–Crippen LogP) is 0.627. The van der Waals surface area contributed by atoms with Crippen LogP contribution < -0.4 is 5.32 Å². The van der Waals surface area contributed by atoms with Gasteiger partial charge < -0.3 is 9.64 Å². The van der Waals surface area contributed by atoms with Crippen molar-refractivity contribution in [1.29, 1.82) is 0 Å². The van der Waals surface area contributed by atoms with E-state index in [1.165, 1.54) is 0 Å². The van der Waals surface area contributed by atoms with Gasteiger partial charge in [0.2, 0.25) is 0 Å². The Morgan fingerprint density at radius 1 is 1.53 bits per heavy atom. The van der Waals surface area contributed by atoms with E-state index in [-0.39, 0.29) is 5.97 Å². The number of nitrogens with one attached hydrogen (secondary N) is 1. The minimum absolute atomic E-state index is 0.162. The van der Waals surface area contributed by atoms with E-state index >= 15 is 0 Å². The van der Waals surface area contributed by atoms with Crippen LogP contribution in [0.15, 0.2) is 0 Å². The Morgan fingerprint density at radius 3 is 2.94 bits per heavy atom. The van der Waals surface area contributed by atoms with Crippen LogP contribution in [0.2, 0.25) is 0 Å². The van der Waals surface area contributed by atoms with Gasteiger partial charge in [-0.15, -0.1) is 6.42 Å². The summed E-state index contributed by atoms with van der Waals surface area (Å²) in [6.45, 7) is 4.54. The van der Waals surface area contributed by atoms with E-state index in [4.69, 9.17) is 11.2 Å². The maximum absolute atomic E-state index is 12.1. The van der Waals surface area contributed by atoms with Gasteiger partial charge in [-0.05, 0) is 39.8 Å². The van der Waals surface area contributed by atoms with Crippen molar-refractivity contribution in [1.82, 2.24) is 10.2 Å². The van der Waals surface area contributed by atoms with E-state index in [1.54, 1.807) is 0 Å². The van der Waals surface area contributed by atoms with Crippen LogP contribution in [0.4, 0.5) is 0 Å². The van der Waals surface area contributed by atoms with Gasteiger partial charge in [0.15, 0.2) is 0 Å². The van der Waals surface area contributed by atoms with Crippen LogP contribution in [0, 0.1) is 12.3 Å². The number of terminal acetylenes is 1. The van der Waals surface area contributed by atoms with Gasteiger partial charge in [0.05, 0.1) is 13.2 Å². The summed E-state index contributed by atoms with van der Waals surface area (Å²) in [5, 5.41) is 3.19. The normalized spacial score (nSPS) is 25.9. The molecule has 1 saturated heterocycles. The van der Waals surface area contributed by atoms with E-state index in [1.807, 2.05) is 6.92 Å². The third kappa shape index (κ3) is 3.72. The number of esters is 1. The highest BCUT2D eigenvalue weighted by Gasteiger charge is 2.40. The number of hydrogen-bond acceptors (Lipinski definition) is 4. The molecule has 4 nitrogen and oxygen atoms in total. The SMILES string of the molecule is C#CCNC1(C(=O)OCC)CCCN(C)CC1. The molecule has 0 aliphatic carbocycles. The van der Waals surface area contributed by atoms with Crippen LogP contribution in [-0.2, 0) is 9.53 Å². The number of nitrogens with zero attached hydrogens (tertiary/aromatic N) is 1. The summed E-state index contributed by atoms with van der Waals surface area (Å²) in [4.78, 5) is 14.3. The maximum atomic E-state index is 12.1. The average Bonchev–Trinajstić information content (AvgIpc) is 2.50. The first-order valence-corrected chi connectivity index (χ1v) is 6.19. The molecule has 1 N–H and O–H groups in total. The molecule has 1 aliphatic heterocycles. The molecule has 0 radical (unpaired) electrons. The molecule has 0 aromatic heterocycles.